The molecule has 0 spiro atoms. The number of aromatic amines is 1. The monoisotopic (exact) mass is 325 g/mol. The van der Waals surface area contributed by atoms with Crippen LogP contribution in [-0.2, 0) is 12.0 Å². The van der Waals surface area contributed by atoms with Gasteiger partial charge in [0.1, 0.15) is 5.82 Å². The van der Waals surface area contributed by atoms with E-state index in [1.165, 1.54) is 5.56 Å². The largest absolute Gasteiger partial charge is 0.298 e. The topological polar surface area (TPSA) is 33.6 Å². The summed E-state index contributed by atoms with van der Waals surface area (Å²) in [6, 6.07) is 8.26. The van der Waals surface area contributed by atoms with E-state index in [-0.39, 0.29) is 5.54 Å². The lowest BCUT2D eigenvalue weighted by Gasteiger charge is -2.22. The Hall–Kier alpha value is -0.940. The predicted molar refractivity (Wildman–Crippen MR) is 79.4 cm³/mol. The Labute approximate surface area is 120 Å². The number of halogens is 1. The van der Waals surface area contributed by atoms with E-state index in [0.717, 1.165) is 16.7 Å². The molecule has 18 heavy (non-hydrogen) atoms. The summed E-state index contributed by atoms with van der Waals surface area (Å²) >= 11 is 8.73. The van der Waals surface area contributed by atoms with Crippen molar-refractivity contribution in [2.24, 2.45) is 0 Å². The molecule has 1 aromatic heterocycles. The van der Waals surface area contributed by atoms with E-state index in [1.54, 1.807) is 0 Å². The van der Waals surface area contributed by atoms with Crippen molar-refractivity contribution in [2.45, 2.75) is 32.7 Å². The van der Waals surface area contributed by atoms with Gasteiger partial charge in [-0.1, -0.05) is 28.1 Å². The van der Waals surface area contributed by atoms with Gasteiger partial charge in [0.15, 0.2) is 4.77 Å². The lowest BCUT2D eigenvalue weighted by molar-refractivity contribution is 0.380. The highest BCUT2D eigenvalue weighted by Crippen LogP contribution is 2.19. The maximum Gasteiger partial charge on any atom is 0.195 e. The summed E-state index contributed by atoms with van der Waals surface area (Å²) in [5.41, 5.74) is 1.16. The van der Waals surface area contributed by atoms with Crippen LogP contribution < -0.4 is 0 Å². The zero-order chi connectivity index (χ0) is 13.3. The molecule has 0 aliphatic heterocycles. The summed E-state index contributed by atoms with van der Waals surface area (Å²) in [5.74, 6) is 0.967. The molecule has 0 fully saturated rings. The third-order valence-electron chi connectivity index (χ3n) is 2.69. The summed E-state index contributed by atoms with van der Waals surface area (Å²) in [6.07, 6.45) is 0.775. The summed E-state index contributed by atoms with van der Waals surface area (Å²) in [7, 11) is 0. The molecule has 3 nitrogen and oxygen atoms in total. The van der Waals surface area contributed by atoms with E-state index in [1.807, 2.05) is 12.1 Å². The zero-order valence-electron chi connectivity index (χ0n) is 10.7. The number of rotatable bonds is 2. The van der Waals surface area contributed by atoms with Crippen LogP contribution in [0.25, 0.3) is 0 Å². The molecule has 0 atom stereocenters. The first-order valence-corrected chi connectivity index (χ1v) is 6.99. The molecule has 2 aromatic rings. The van der Waals surface area contributed by atoms with Gasteiger partial charge in [0.25, 0.3) is 0 Å². The highest BCUT2D eigenvalue weighted by atomic mass is 79.9. The van der Waals surface area contributed by atoms with Gasteiger partial charge in [-0.15, -0.1) is 0 Å². The number of H-pyrrole nitrogens is 1. The maximum absolute atomic E-state index is 5.30. The van der Waals surface area contributed by atoms with Crippen LogP contribution in [0.3, 0.4) is 0 Å². The molecular weight excluding hydrogens is 310 g/mol. The van der Waals surface area contributed by atoms with Crippen molar-refractivity contribution in [1.82, 2.24) is 14.8 Å². The second-order valence-corrected chi connectivity index (χ2v) is 6.56. The second kappa shape index (κ2) is 4.97. The summed E-state index contributed by atoms with van der Waals surface area (Å²) in [6.45, 7) is 6.39. The first kappa shape index (κ1) is 13.5. The Morgan fingerprint density at radius 3 is 2.44 bits per heavy atom. The van der Waals surface area contributed by atoms with Crippen LogP contribution in [0.15, 0.2) is 28.7 Å². The Morgan fingerprint density at radius 1 is 1.28 bits per heavy atom. The van der Waals surface area contributed by atoms with Crippen molar-refractivity contribution < 1.29 is 0 Å². The Morgan fingerprint density at radius 2 is 1.89 bits per heavy atom. The molecule has 96 valence electrons. The molecule has 5 heteroatoms. The molecule has 1 heterocycles. The van der Waals surface area contributed by atoms with Gasteiger partial charge in [0.2, 0.25) is 0 Å². The molecule has 0 bridgehead atoms. The van der Waals surface area contributed by atoms with Crippen molar-refractivity contribution in [1.29, 1.82) is 0 Å². The molecule has 0 amide bonds. The second-order valence-electron chi connectivity index (χ2n) is 5.25. The lowest BCUT2D eigenvalue weighted by Crippen LogP contribution is -2.24. The van der Waals surface area contributed by atoms with Crippen LogP contribution in [0.1, 0.15) is 32.2 Å². The summed E-state index contributed by atoms with van der Waals surface area (Å²) in [5, 5.41) is 7.22. The van der Waals surface area contributed by atoms with Crippen molar-refractivity contribution >= 4 is 28.1 Å². The fourth-order valence-corrected chi connectivity index (χ4v) is 2.61. The van der Waals surface area contributed by atoms with E-state index in [4.69, 9.17) is 12.2 Å². The van der Waals surface area contributed by atoms with Crippen molar-refractivity contribution in [3.63, 3.8) is 0 Å². The Bertz CT molecular complexity index is 590. The van der Waals surface area contributed by atoms with Gasteiger partial charge < -0.3 is 0 Å². The fourth-order valence-electron chi connectivity index (χ4n) is 1.92. The van der Waals surface area contributed by atoms with Gasteiger partial charge in [-0.2, -0.15) is 5.10 Å². The van der Waals surface area contributed by atoms with Gasteiger partial charge in [0.05, 0.1) is 0 Å². The lowest BCUT2D eigenvalue weighted by atomic mass is 10.1. The predicted octanol–water partition coefficient (Wildman–Crippen LogP) is 4.05. The van der Waals surface area contributed by atoms with Crippen LogP contribution in [0.4, 0.5) is 0 Å². The van der Waals surface area contributed by atoms with E-state index in [9.17, 15) is 0 Å². The number of hydrogen-bond donors (Lipinski definition) is 1. The highest BCUT2D eigenvalue weighted by molar-refractivity contribution is 9.10. The van der Waals surface area contributed by atoms with Crippen LogP contribution >= 0.6 is 28.1 Å². The Kier molecular flexibility index (Phi) is 3.73. The van der Waals surface area contributed by atoms with Gasteiger partial charge in [-0.3, -0.25) is 9.67 Å². The molecule has 0 aliphatic rings. The SMILES string of the molecule is CC(C)(C)n1c(Cc2ccc(Br)cc2)n[nH]c1=S. The van der Waals surface area contributed by atoms with E-state index in [0.29, 0.717) is 4.77 Å². The van der Waals surface area contributed by atoms with Crippen LogP contribution in [0.2, 0.25) is 0 Å². The first-order valence-electron chi connectivity index (χ1n) is 5.79. The molecule has 0 radical (unpaired) electrons. The third-order valence-corrected chi connectivity index (χ3v) is 3.49. The molecule has 0 saturated carbocycles. The number of aromatic nitrogens is 3. The minimum absolute atomic E-state index is 0.0607. The quantitative estimate of drug-likeness (QED) is 0.845. The first-order chi connectivity index (χ1) is 8.38. The minimum Gasteiger partial charge on any atom is -0.298 e. The molecule has 0 aliphatic carbocycles. The molecule has 2 rings (SSSR count). The van der Waals surface area contributed by atoms with Crippen LogP contribution in [0, 0.1) is 4.77 Å². The average molecular weight is 326 g/mol. The normalized spacial score (nSPS) is 11.8. The summed E-state index contributed by atoms with van der Waals surface area (Å²) in [4.78, 5) is 0. The molecular formula is C13H16BrN3S. The Balaban J connectivity index is 2.36. The average Bonchev–Trinajstić information content (AvgIpc) is 2.63. The van der Waals surface area contributed by atoms with E-state index in [2.05, 4.69) is 63.6 Å². The molecule has 0 unspecified atom stereocenters. The molecule has 1 aromatic carbocycles. The third kappa shape index (κ3) is 2.90. The standard InChI is InChI=1S/C13H16BrN3S/c1-13(2,3)17-11(15-16-12(17)18)8-9-4-6-10(14)7-5-9/h4-7H,8H2,1-3H3,(H,16,18). The smallest absolute Gasteiger partial charge is 0.195 e. The molecule has 1 N–H and O–H groups in total. The van der Waals surface area contributed by atoms with Gasteiger partial charge >= 0.3 is 0 Å². The van der Waals surface area contributed by atoms with Gasteiger partial charge in [-0.25, -0.2) is 0 Å². The number of nitrogens with one attached hydrogen (secondary N) is 1. The number of hydrogen-bond acceptors (Lipinski definition) is 2. The fraction of sp³-hybridized carbons (Fsp3) is 0.385. The van der Waals surface area contributed by atoms with Gasteiger partial charge in [0, 0.05) is 16.4 Å². The van der Waals surface area contributed by atoms with Crippen molar-refractivity contribution in [3.8, 4) is 0 Å². The minimum atomic E-state index is -0.0607. The van der Waals surface area contributed by atoms with Gasteiger partial charge in [-0.05, 0) is 50.7 Å². The highest BCUT2D eigenvalue weighted by Gasteiger charge is 2.19. The van der Waals surface area contributed by atoms with Crippen LogP contribution in [0.5, 0.6) is 0 Å². The summed E-state index contributed by atoms with van der Waals surface area (Å²) < 4.78 is 3.83. The van der Waals surface area contributed by atoms with E-state index < -0.39 is 0 Å². The van der Waals surface area contributed by atoms with Crippen molar-refractivity contribution in [3.05, 3.63) is 44.9 Å². The number of nitrogens with zero attached hydrogens (tertiary/aromatic N) is 2. The van der Waals surface area contributed by atoms with Crippen LogP contribution in [-0.4, -0.2) is 14.8 Å². The maximum atomic E-state index is 5.30. The van der Waals surface area contributed by atoms with Crippen molar-refractivity contribution in [2.75, 3.05) is 0 Å². The zero-order valence-corrected chi connectivity index (χ0v) is 13.1. The molecule has 0 saturated heterocycles. The number of benzene rings is 1. The van der Waals surface area contributed by atoms with E-state index >= 15 is 0 Å².